The van der Waals surface area contributed by atoms with Crippen LogP contribution in [-0.2, 0) is 0 Å². The number of ether oxygens (including phenoxy) is 1. The van der Waals surface area contributed by atoms with E-state index >= 15 is 0 Å². The van der Waals surface area contributed by atoms with Crippen molar-refractivity contribution >= 4 is 0 Å². The molecule has 11 heavy (non-hydrogen) atoms. The van der Waals surface area contributed by atoms with Gasteiger partial charge in [-0.15, -0.1) is 0 Å². The molecule has 0 saturated heterocycles. The van der Waals surface area contributed by atoms with Crippen LogP contribution < -0.4 is 10.2 Å². The van der Waals surface area contributed by atoms with Crippen LogP contribution in [0.1, 0.15) is 5.56 Å². The Hall–Kier alpha value is -1.45. The van der Waals surface area contributed by atoms with Gasteiger partial charge in [0.1, 0.15) is 6.26 Å². The van der Waals surface area contributed by atoms with Crippen LogP contribution in [0.2, 0.25) is 0 Å². The zero-order valence-electron chi connectivity index (χ0n) is 6.25. The molecule has 1 N–H and O–H groups in total. The monoisotopic (exact) mass is 156 g/mol. The average Bonchev–Trinajstić information content (AvgIpc) is 2.01. The summed E-state index contributed by atoms with van der Waals surface area (Å²) in [6.07, 6.45) is 0.953. The molecule has 0 spiro atoms. The molecule has 4 nitrogen and oxygen atoms in total. The van der Waals surface area contributed by atoms with Crippen molar-refractivity contribution in [2.75, 3.05) is 7.11 Å². The van der Waals surface area contributed by atoms with E-state index in [4.69, 9.17) is 14.3 Å². The fraction of sp³-hybridized carbons (Fsp3) is 0.286. The first-order chi connectivity index (χ1) is 5.16. The van der Waals surface area contributed by atoms with Gasteiger partial charge in [0.25, 0.3) is 5.95 Å². The van der Waals surface area contributed by atoms with E-state index < -0.39 is 11.2 Å². The van der Waals surface area contributed by atoms with E-state index in [1.54, 1.807) is 0 Å². The second-order valence-electron chi connectivity index (χ2n) is 2.07. The summed E-state index contributed by atoms with van der Waals surface area (Å²) < 4.78 is 9.45. The molecule has 1 aromatic rings. The van der Waals surface area contributed by atoms with Crippen LogP contribution in [-0.4, -0.2) is 12.2 Å². The molecule has 0 atom stereocenters. The predicted octanol–water partition coefficient (Wildman–Crippen LogP) is 0.662. The minimum atomic E-state index is -0.465. The largest absolute Gasteiger partial charge is 0.502 e. The molecule has 0 fully saturated rings. The fourth-order valence-electron chi connectivity index (χ4n) is 0.737. The minimum Gasteiger partial charge on any atom is -0.502 e. The molecule has 0 aliphatic heterocycles. The number of aromatic hydroxyl groups is 1. The van der Waals surface area contributed by atoms with Crippen molar-refractivity contribution in [1.29, 1.82) is 0 Å². The van der Waals surface area contributed by atoms with E-state index in [1.165, 1.54) is 14.0 Å². The molecule has 60 valence electrons. The first kappa shape index (κ1) is 7.65. The van der Waals surface area contributed by atoms with Gasteiger partial charge in [0.15, 0.2) is 5.75 Å². The Kier molecular flexibility index (Phi) is 1.85. The van der Waals surface area contributed by atoms with Crippen molar-refractivity contribution < 1.29 is 14.3 Å². The van der Waals surface area contributed by atoms with Crippen molar-refractivity contribution in [3.05, 3.63) is 22.0 Å². The lowest BCUT2D eigenvalue weighted by Crippen LogP contribution is -2.05. The van der Waals surface area contributed by atoms with Crippen molar-refractivity contribution in [2.45, 2.75) is 6.92 Å². The van der Waals surface area contributed by atoms with Gasteiger partial charge in [-0.25, -0.2) is 0 Å². The molecule has 0 unspecified atom stereocenters. The van der Waals surface area contributed by atoms with Crippen LogP contribution in [0.4, 0.5) is 0 Å². The van der Waals surface area contributed by atoms with Gasteiger partial charge in [-0.05, 0) is 6.92 Å². The lowest BCUT2D eigenvalue weighted by atomic mass is 10.3. The van der Waals surface area contributed by atoms with E-state index in [1.807, 2.05) is 0 Å². The molecule has 0 amide bonds. The van der Waals surface area contributed by atoms with E-state index in [9.17, 15) is 4.79 Å². The van der Waals surface area contributed by atoms with Crippen LogP contribution in [0.5, 0.6) is 11.7 Å². The first-order valence-electron chi connectivity index (χ1n) is 3.02. The third-order valence-electron chi connectivity index (χ3n) is 1.34. The summed E-state index contributed by atoms with van der Waals surface area (Å²) in [5.74, 6) is -0.267. The van der Waals surface area contributed by atoms with Crippen LogP contribution in [0.3, 0.4) is 0 Å². The Bertz CT molecular complexity index is 313. The number of hydrogen-bond acceptors (Lipinski definition) is 4. The summed E-state index contributed by atoms with van der Waals surface area (Å²) in [7, 11) is 1.39. The highest BCUT2D eigenvalue weighted by atomic mass is 16.6. The average molecular weight is 156 g/mol. The molecule has 0 aliphatic carbocycles. The molecule has 1 aromatic heterocycles. The Morgan fingerprint density at radius 3 is 2.82 bits per heavy atom. The number of rotatable bonds is 1. The maximum atomic E-state index is 11.0. The van der Waals surface area contributed by atoms with Crippen LogP contribution in [0.25, 0.3) is 0 Å². The molecule has 0 radical (unpaired) electrons. The van der Waals surface area contributed by atoms with Gasteiger partial charge in [-0.2, -0.15) is 0 Å². The van der Waals surface area contributed by atoms with Crippen LogP contribution in [0.15, 0.2) is 15.5 Å². The van der Waals surface area contributed by atoms with E-state index in [2.05, 4.69) is 0 Å². The van der Waals surface area contributed by atoms with E-state index in [0.717, 1.165) is 6.26 Å². The standard InChI is InChI=1S/C7H8O4/c1-4-6(9)5(8)3-11-7(4)10-2/h3,8H,1-2H3. The summed E-state index contributed by atoms with van der Waals surface area (Å²) >= 11 is 0. The summed E-state index contributed by atoms with van der Waals surface area (Å²) in [6, 6.07) is 0. The van der Waals surface area contributed by atoms with Gasteiger partial charge < -0.3 is 14.3 Å². The predicted molar refractivity (Wildman–Crippen MR) is 37.9 cm³/mol. The van der Waals surface area contributed by atoms with Crippen molar-refractivity contribution in [2.24, 2.45) is 0 Å². The Morgan fingerprint density at radius 2 is 2.27 bits per heavy atom. The van der Waals surface area contributed by atoms with Crippen molar-refractivity contribution in [3.63, 3.8) is 0 Å². The maximum Gasteiger partial charge on any atom is 0.291 e. The third kappa shape index (κ3) is 1.19. The molecule has 1 rings (SSSR count). The van der Waals surface area contributed by atoms with Crippen molar-refractivity contribution in [3.8, 4) is 11.7 Å². The normalized spacial score (nSPS) is 9.64. The van der Waals surface area contributed by atoms with Gasteiger partial charge in [0.2, 0.25) is 5.43 Å². The van der Waals surface area contributed by atoms with E-state index in [-0.39, 0.29) is 11.5 Å². The van der Waals surface area contributed by atoms with Crippen LogP contribution >= 0.6 is 0 Å². The zero-order chi connectivity index (χ0) is 8.43. The van der Waals surface area contributed by atoms with Gasteiger partial charge in [-0.3, -0.25) is 4.79 Å². The van der Waals surface area contributed by atoms with Crippen molar-refractivity contribution in [1.82, 2.24) is 0 Å². The summed E-state index contributed by atoms with van der Waals surface area (Å²) in [5.41, 5.74) is -0.194. The van der Waals surface area contributed by atoms with Gasteiger partial charge >= 0.3 is 0 Å². The molecule has 1 heterocycles. The maximum absolute atomic E-state index is 11.0. The van der Waals surface area contributed by atoms with Gasteiger partial charge in [0.05, 0.1) is 12.7 Å². The SMILES string of the molecule is COc1occ(O)c(=O)c1C. The zero-order valence-corrected chi connectivity index (χ0v) is 6.25. The highest BCUT2D eigenvalue weighted by molar-refractivity contribution is 5.28. The fourth-order valence-corrected chi connectivity index (χ4v) is 0.737. The number of hydrogen-bond donors (Lipinski definition) is 1. The lowest BCUT2D eigenvalue weighted by Gasteiger charge is -2.00. The smallest absolute Gasteiger partial charge is 0.291 e. The number of methoxy groups -OCH3 is 1. The summed E-state index contributed by atoms with van der Waals surface area (Å²) in [6.45, 7) is 1.52. The molecule has 4 heteroatoms. The first-order valence-corrected chi connectivity index (χ1v) is 3.02. The van der Waals surface area contributed by atoms with Gasteiger partial charge in [0, 0.05) is 0 Å². The summed E-state index contributed by atoms with van der Waals surface area (Å²) in [5, 5.41) is 8.86. The topological polar surface area (TPSA) is 59.7 Å². The highest BCUT2D eigenvalue weighted by Crippen LogP contribution is 2.15. The van der Waals surface area contributed by atoms with Gasteiger partial charge in [-0.1, -0.05) is 0 Å². The molecule has 0 bridgehead atoms. The second-order valence-corrected chi connectivity index (χ2v) is 2.07. The highest BCUT2D eigenvalue weighted by Gasteiger charge is 2.07. The Balaban J connectivity index is 3.37. The summed E-state index contributed by atoms with van der Waals surface area (Å²) in [4.78, 5) is 11.0. The van der Waals surface area contributed by atoms with E-state index in [0.29, 0.717) is 0 Å². The third-order valence-corrected chi connectivity index (χ3v) is 1.34. The van der Waals surface area contributed by atoms with Crippen LogP contribution in [0, 0.1) is 6.92 Å². The Labute approximate surface area is 63.0 Å². The molecular weight excluding hydrogens is 148 g/mol. The Morgan fingerprint density at radius 1 is 1.64 bits per heavy atom. The second kappa shape index (κ2) is 2.65. The molecule has 0 aromatic carbocycles. The molecule has 0 saturated carbocycles. The molecular formula is C7H8O4. The quantitative estimate of drug-likeness (QED) is 0.648. The minimum absolute atomic E-state index is 0.132. The lowest BCUT2D eigenvalue weighted by molar-refractivity contribution is 0.284. The molecule has 0 aliphatic rings.